The smallest absolute Gasteiger partial charge is 0.202 e. The summed E-state index contributed by atoms with van der Waals surface area (Å²) in [5, 5.41) is 0. The maximum Gasteiger partial charge on any atom is 0.202 e. The molecule has 0 amide bonds. The topological polar surface area (TPSA) is 34.9 Å². The number of hydrogen-bond acceptors (Lipinski definition) is 2. The van der Waals surface area contributed by atoms with Crippen LogP contribution in [0.3, 0.4) is 0 Å². The molecule has 0 unspecified atom stereocenters. The minimum atomic E-state index is 0.0369. The highest BCUT2D eigenvalue weighted by Crippen LogP contribution is 2.12. The Bertz CT molecular complexity index is 502. The van der Waals surface area contributed by atoms with Gasteiger partial charge in [-0.1, -0.05) is 28.1 Å². The number of nitrogens with zero attached hydrogens (tertiary/aromatic N) is 2. The van der Waals surface area contributed by atoms with E-state index in [-0.39, 0.29) is 5.78 Å². The molecule has 1 aromatic heterocycles. The van der Waals surface area contributed by atoms with Crippen LogP contribution >= 0.6 is 15.9 Å². The number of Topliss-reactive ketones (excluding diaryl/α,β-unsaturated/α-hetero) is 1. The van der Waals surface area contributed by atoms with Crippen LogP contribution in [-0.2, 0) is 13.5 Å². The minimum absolute atomic E-state index is 0.0369. The number of ketones is 1. The Labute approximate surface area is 102 Å². The fourth-order valence-corrected chi connectivity index (χ4v) is 1.77. The van der Waals surface area contributed by atoms with E-state index in [0.717, 1.165) is 10.0 Å². The van der Waals surface area contributed by atoms with Crippen LogP contribution in [0.1, 0.15) is 16.2 Å². The number of rotatable bonds is 3. The number of aromatic nitrogens is 2. The van der Waals surface area contributed by atoms with Gasteiger partial charge in [-0.15, -0.1) is 0 Å². The Morgan fingerprint density at radius 1 is 1.38 bits per heavy atom. The fourth-order valence-electron chi connectivity index (χ4n) is 1.50. The first-order chi connectivity index (χ1) is 7.66. The van der Waals surface area contributed by atoms with Crippen molar-refractivity contribution >= 4 is 21.7 Å². The molecule has 0 bridgehead atoms. The van der Waals surface area contributed by atoms with Crippen molar-refractivity contribution in [1.29, 1.82) is 0 Å². The largest absolute Gasteiger partial charge is 0.332 e. The molecular weight excluding hydrogens is 268 g/mol. The molecule has 0 fully saturated rings. The van der Waals surface area contributed by atoms with Gasteiger partial charge in [-0.25, -0.2) is 4.98 Å². The predicted molar refractivity (Wildman–Crippen MR) is 65.4 cm³/mol. The second kappa shape index (κ2) is 4.61. The van der Waals surface area contributed by atoms with Crippen LogP contribution in [-0.4, -0.2) is 15.3 Å². The third kappa shape index (κ3) is 2.39. The van der Waals surface area contributed by atoms with Crippen molar-refractivity contribution in [2.75, 3.05) is 0 Å². The molecule has 0 N–H and O–H groups in total. The van der Waals surface area contributed by atoms with E-state index in [9.17, 15) is 4.79 Å². The van der Waals surface area contributed by atoms with Crippen molar-refractivity contribution in [3.63, 3.8) is 0 Å². The molecule has 2 aromatic rings. The van der Waals surface area contributed by atoms with Crippen LogP contribution < -0.4 is 0 Å². The third-order valence-electron chi connectivity index (χ3n) is 2.35. The highest BCUT2D eigenvalue weighted by atomic mass is 79.9. The average Bonchev–Trinajstić information content (AvgIpc) is 2.68. The van der Waals surface area contributed by atoms with Gasteiger partial charge in [-0.2, -0.15) is 0 Å². The van der Waals surface area contributed by atoms with Crippen LogP contribution in [0.2, 0.25) is 0 Å². The van der Waals surface area contributed by atoms with Crippen molar-refractivity contribution < 1.29 is 4.79 Å². The summed E-state index contributed by atoms with van der Waals surface area (Å²) in [7, 11) is 1.82. The second-order valence-corrected chi connectivity index (χ2v) is 4.50. The number of carbonyl (C=O) groups is 1. The Hall–Kier alpha value is -1.42. The van der Waals surface area contributed by atoms with Gasteiger partial charge in [0.15, 0.2) is 5.82 Å². The van der Waals surface area contributed by atoms with E-state index in [1.807, 2.05) is 31.3 Å². The molecule has 0 radical (unpaired) electrons. The highest BCUT2D eigenvalue weighted by molar-refractivity contribution is 9.10. The molecule has 82 valence electrons. The molecule has 0 aliphatic heterocycles. The number of aryl methyl sites for hydroxylation is 1. The zero-order valence-corrected chi connectivity index (χ0v) is 10.4. The third-order valence-corrected chi connectivity index (χ3v) is 2.88. The molecule has 1 heterocycles. The molecule has 0 spiro atoms. The van der Waals surface area contributed by atoms with Gasteiger partial charge in [0.2, 0.25) is 5.78 Å². The molecule has 0 atom stereocenters. The van der Waals surface area contributed by atoms with E-state index >= 15 is 0 Å². The van der Waals surface area contributed by atoms with E-state index in [1.165, 1.54) is 0 Å². The summed E-state index contributed by atoms with van der Waals surface area (Å²) in [6.07, 6.45) is 3.79. The summed E-state index contributed by atoms with van der Waals surface area (Å²) in [5.41, 5.74) is 0.996. The van der Waals surface area contributed by atoms with Crippen LogP contribution in [0.4, 0.5) is 0 Å². The molecule has 0 aliphatic carbocycles. The second-order valence-electron chi connectivity index (χ2n) is 3.59. The normalized spacial score (nSPS) is 10.4. The molecular formula is C12H11BrN2O. The van der Waals surface area contributed by atoms with Gasteiger partial charge in [-0.3, -0.25) is 4.79 Å². The zero-order chi connectivity index (χ0) is 11.5. The Balaban J connectivity index is 2.14. The molecule has 2 rings (SSSR count). The van der Waals surface area contributed by atoms with Gasteiger partial charge in [0.25, 0.3) is 0 Å². The lowest BCUT2D eigenvalue weighted by atomic mass is 10.1. The van der Waals surface area contributed by atoms with Crippen molar-refractivity contribution in [3.8, 4) is 0 Å². The summed E-state index contributed by atoms with van der Waals surface area (Å²) < 4.78 is 2.75. The van der Waals surface area contributed by atoms with Gasteiger partial charge in [-0.05, 0) is 17.7 Å². The summed E-state index contributed by atoms with van der Waals surface area (Å²) >= 11 is 3.36. The summed E-state index contributed by atoms with van der Waals surface area (Å²) in [6, 6.07) is 7.73. The quantitative estimate of drug-likeness (QED) is 0.809. The highest BCUT2D eigenvalue weighted by Gasteiger charge is 2.11. The summed E-state index contributed by atoms with van der Waals surface area (Å²) in [4.78, 5) is 15.9. The molecule has 0 saturated heterocycles. The van der Waals surface area contributed by atoms with E-state index in [0.29, 0.717) is 12.2 Å². The molecule has 0 saturated carbocycles. The maximum atomic E-state index is 11.9. The first kappa shape index (κ1) is 11.1. The van der Waals surface area contributed by atoms with Crippen molar-refractivity contribution in [3.05, 3.63) is 52.5 Å². The van der Waals surface area contributed by atoms with Crippen LogP contribution in [0.25, 0.3) is 0 Å². The van der Waals surface area contributed by atoms with Gasteiger partial charge >= 0.3 is 0 Å². The van der Waals surface area contributed by atoms with Crippen molar-refractivity contribution in [1.82, 2.24) is 9.55 Å². The van der Waals surface area contributed by atoms with E-state index in [2.05, 4.69) is 20.9 Å². The van der Waals surface area contributed by atoms with Gasteiger partial charge in [0.1, 0.15) is 0 Å². The number of imidazole rings is 1. The minimum Gasteiger partial charge on any atom is -0.332 e. The Morgan fingerprint density at radius 2 is 2.06 bits per heavy atom. The lowest BCUT2D eigenvalue weighted by molar-refractivity contribution is 0.0980. The fraction of sp³-hybridized carbons (Fsp3) is 0.167. The Morgan fingerprint density at radius 3 is 2.62 bits per heavy atom. The van der Waals surface area contributed by atoms with Crippen molar-refractivity contribution in [2.45, 2.75) is 6.42 Å². The maximum absolute atomic E-state index is 11.9. The lowest BCUT2D eigenvalue weighted by Gasteiger charge is -2.01. The SMILES string of the molecule is Cn1ccnc1C(=O)Cc1ccc(Br)cc1. The summed E-state index contributed by atoms with van der Waals surface area (Å²) in [5.74, 6) is 0.540. The number of benzene rings is 1. The van der Waals surface area contributed by atoms with Gasteiger partial charge < -0.3 is 4.57 Å². The number of carbonyl (C=O) groups excluding carboxylic acids is 1. The molecule has 4 heteroatoms. The molecule has 16 heavy (non-hydrogen) atoms. The van der Waals surface area contributed by atoms with Crippen LogP contribution in [0, 0.1) is 0 Å². The molecule has 1 aromatic carbocycles. The number of halogens is 1. The van der Waals surface area contributed by atoms with Gasteiger partial charge in [0, 0.05) is 30.3 Å². The summed E-state index contributed by atoms with van der Waals surface area (Å²) in [6.45, 7) is 0. The molecule has 0 aliphatic rings. The lowest BCUT2D eigenvalue weighted by Crippen LogP contribution is -2.09. The zero-order valence-electron chi connectivity index (χ0n) is 8.85. The van der Waals surface area contributed by atoms with Gasteiger partial charge in [0.05, 0.1) is 0 Å². The standard InChI is InChI=1S/C12H11BrN2O/c1-15-7-6-14-12(15)11(16)8-9-2-4-10(13)5-3-9/h2-7H,8H2,1H3. The Kier molecular flexibility index (Phi) is 3.19. The first-order valence-corrected chi connectivity index (χ1v) is 5.71. The predicted octanol–water partition coefficient (Wildman–Crippen LogP) is 2.61. The van der Waals surface area contributed by atoms with E-state index in [4.69, 9.17) is 0 Å². The van der Waals surface area contributed by atoms with E-state index < -0.39 is 0 Å². The van der Waals surface area contributed by atoms with Crippen LogP contribution in [0.15, 0.2) is 41.1 Å². The van der Waals surface area contributed by atoms with Crippen LogP contribution in [0.5, 0.6) is 0 Å². The van der Waals surface area contributed by atoms with E-state index in [1.54, 1.807) is 17.0 Å². The van der Waals surface area contributed by atoms with Crippen molar-refractivity contribution in [2.24, 2.45) is 7.05 Å². The molecule has 3 nitrogen and oxygen atoms in total. The first-order valence-electron chi connectivity index (χ1n) is 4.92. The monoisotopic (exact) mass is 278 g/mol. The number of hydrogen-bond donors (Lipinski definition) is 0. The average molecular weight is 279 g/mol.